The summed E-state index contributed by atoms with van der Waals surface area (Å²) in [4.78, 5) is 15.0. The Morgan fingerprint density at radius 1 is 1.25 bits per heavy atom. The maximum absolute atomic E-state index is 10.9. The number of fused-ring (bicyclic) bond motifs is 1. The lowest BCUT2D eigenvalue weighted by molar-refractivity contribution is 0.0699. The summed E-state index contributed by atoms with van der Waals surface area (Å²) in [5, 5.41) is 18.9. The third-order valence-corrected chi connectivity index (χ3v) is 2.21. The first-order valence-corrected chi connectivity index (χ1v) is 4.42. The fourth-order valence-corrected chi connectivity index (χ4v) is 1.49. The molecule has 2 aromatic rings. The number of carboxylic acids is 1. The van der Waals surface area contributed by atoms with Crippen molar-refractivity contribution in [3.63, 3.8) is 0 Å². The summed E-state index contributed by atoms with van der Waals surface area (Å²) in [5.41, 5.74) is 1.21. The third-order valence-electron chi connectivity index (χ3n) is 2.21. The number of rotatable bonds is 1. The Balaban J connectivity index is 0.00000128. The van der Waals surface area contributed by atoms with Crippen molar-refractivity contribution in [3.8, 4) is 5.75 Å². The summed E-state index contributed by atoms with van der Waals surface area (Å²) >= 11 is 0. The largest absolute Gasteiger partial charge is 0.506 e. The molecule has 0 aliphatic rings. The van der Waals surface area contributed by atoms with Crippen LogP contribution in [0.15, 0.2) is 24.3 Å². The van der Waals surface area contributed by atoms with Gasteiger partial charge in [-0.25, -0.2) is 9.78 Å². The van der Waals surface area contributed by atoms with Gasteiger partial charge in [-0.2, -0.15) is 0 Å². The Morgan fingerprint density at radius 2 is 1.94 bits per heavy atom. The van der Waals surface area contributed by atoms with Crippen molar-refractivity contribution in [2.75, 3.05) is 0 Å². The first kappa shape index (κ1) is 12.3. The molecule has 0 aliphatic heterocycles. The van der Waals surface area contributed by atoms with Crippen molar-refractivity contribution in [1.82, 2.24) is 4.98 Å². The molecule has 0 bridgehead atoms. The molecule has 1 heterocycles. The molecule has 0 saturated carbocycles. The summed E-state index contributed by atoms with van der Waals surface area (Å²) in [7, 11) is 0. The van der Waals surface area contributed by atoms with Crippen molar-refractivity contribution < 1.29 is 15.0 Å². The van der Waals surface area contributed by atoms with Crippen LogP contribution in [0.25, 0.3) is 10.9 Å². The molecule has 0 unspecified atom stereocenters. The third kappa shape index (κ3) is 1.92. The molecule has 5 heteroatoms. The normalized spacial score (nSPS) is 9.81. The molecule has 0 saturated heterocycles. The van der Waals surface area contributed by atoms with Crippen molar-refractivity contribution in [1.29, 1.82) is 0 Å². The lowest BCUT2D eigenvalue weighted by Gasteiger charge is -2.04. The van der Waals surface area contributed by atoms with E-state index in [0.717, 1.165) is 5.69 Å². The van der Waals surface area contributed by atoms with Crippen LogP contribution >= 0.6 is 12.4 Å². The highest BCUT2D eigenvalue weighted by atomic mass is 35.5. The Bertz CT molecular complexity index is 554. The number of hydrogen-bond acceptors (Lipinski definition) is 3. The Morgan fingerprint density at radius 3 is 2.56 bits per heavy atom. The number of nitrogens with zero attached hydrogens (tertiary/aromatic N) is 1. The van der Waals surface area contributed by atoms with Gasteiger partial charge in [-0.05, 0) is 31.2 Å². The second-order valence-corrected chi connectivity index (χ2v) is 3.29. The number of aromatic nitrogens is 1. The highest BCUT2D eigenvalue weighted by Crippen LogP contribution is 2.26. The number of phenols is 1. The average molecular weight is 240 g/mol. The van der Waals surface area contributed by atoms with Crippen LogP contribution in [0.5, 0.6) is 5.75 Å². The number of carboxylic acid groups (broad SMARTS) is 1. The van der Waals surface area contributed by atoms with Gasteiger partial charge in [-0.1, -0.05) is 0 Å². The SMILES string of the molecule is Cc1ccc2c(C(=O)O)ccc(O)c2n1.Cl. The van der Waals surface area contributed by atoms with Gasteiger partial charge in [0.05, 0.1) is 5.56 Å². The molecule has 2 rings (SSSR count). The summed E-state index contributed by atoms with van der Waals surface area (Å²) in [6.45, 7) is 1.78. The van der Waals surface area contributed by atoms with E-state index in [9.17, 15) is 9.90 Å². The second-order valence-electron chi connectivity index (χ2n) is 3.29. The smallest absolute Gasteiger partial charge is 0.336 e. The minimum atomic E-state index is -1.02. The summed E-state index contributed by atoms with van der Waals surface area (Å²) < 4.78 is 0. The van der Waals surface area contributed by atoms with E-state index in [1.54, 1.807) is 19.1 Å². The summed E-state index contributed by atoms with van der Waals surface area (Å²) in [6.07, 6.45) is 0. The van der Waals surface area contributed by atoms with Crippen molar-refractivity contribution >= 4 is 29.3 Å². The first-order valence-electron chi connectivity index (χ1n) is 4.42. The fraction of sp³-hybridized carbons (Fsp3) is 0.0909. The molecule has 4 nitrogen and oxygen atoms in total. The van der Waals surface area contributed by atoms with Crippen LogP contribution in [-0.2, 0) is 0 Å². The van der Waals surface area contributed by atoms with E-state index in [1.807, 2.05) is 0 Å². The minimum absolute atomic E-state index is 0. The van der Waals surface area contributed by atoms with Crippen LogP contribution in [-0.4, -0.2) is 21.2 Å². The molecule has 2 N–H and O–H groups in total. The van der Waals surface area contributed by atoms with Gasteiger partial charge >= 0.3 is 5.97 Å². The molecule has 1 aromatic heterocycles. The minimum Gasteiger partial charge on any atom is -0.506 e. The van der Waals surface area contributed by atoms with E-state index in [-0.39, 0.29) is 23.7 Å². The van der Waals surface area contributed by atoms with Crippen LogP contribution in [0.2, 0.25) is 0 Å². The number of hydrogen-bond donors (Lipinski definition) is 2. The zero-order valence-corrected chi connectivity index (χ0v) is 9.28. The molecule has 0 radical (unpaired) electrons. The van der Waals surface area contributed by atoms with Crippen LogP contribution < -0.4 is 0 Å². The standard InChI is InChI=1S/C11H9NO3.ClH/c1-6-2-3-7-8(11(14)15)4-5-9(13)10(7)12-6;/h2-5,13H,1H3,(H,14,15);1H. The molecule has 0 fully saturated rings. The van der Waals surface area contributed by atoms with E-state index < -0.39 is 5.97 Å². The lowest BCUT2D eigenvalue weighted by Crippen LogP contribution is -1.98. The molecule has 1 aromatic carbocycles. The molecule has 0 atom stereocenters. The number of aromatic carboxylic acids is 1. The highest BCUT2D eigenvalue weighted by Gasteiger charge is 2.11. The number of pyridine rings is 1. The Labute approximate surface area is 98.0 Å². The Hall–Kier alpha value is -1.81. The molecule has 16 heavy (non-hydrogen) atoms. The number of benzene rings is 1. The summed E-state index contributed by atoms with van der Waals surface area (Å²) in [5.74, 6) is -1.02. The zero-order chi connectivity index (χ0) is 11.0. The number of aromatic hydroxyl groups is 1. The molecular formula is C11H10ClNO3. The molecule has 0 spiro atoms. The fourth-order valence-electron chi connectivity index (χ4n) is 1.49. The van der Waals surface area contributed by atoms with E-state index in [1.165, 1.54) is 12.1 Å². The summed E-state index contributed by atoms with van der Waals surface area (Å²) in [6, 6.07) is 6.09. The highest BCUT2D eigenvalue weighted by molar-refractivity contribution is 6.04. The maximum Gasteiger partial charge on any atom is 0.336 e. The lowest BCUT2D eigenvalue weighted by atomic mass is 10.1. The first-order chi connectivity index (χ1) is 7.09. The van der Waals surface area contributed by atoms with Gasteiger partial charge < -0.3 is 10.2 Å². The van der Waals surface area contributed by atoms with Gasteiger partial charge in [-0.15, -0.1) is 12.4 Å². The van der Waals surface area contributed by atoms with Crippen LogP contribution in [0.3, 0.4) is 0 Å². The van der Waals surface area contributed by atoms with E-state index >= 15 is 0 Å². The van der Waals surface area contributed by atoms with Crippen LogP contribution in [0.1, 0.15) is 16.1 Å². The second kappa shape index (κ2) is 4.37. The zero-order valence-electron chi connectivity index (χ0n) is 8.47. The molecule has 0 amide bonds. The van der Waals surface area contributed by atoms with Gasteiger partial charge in [0.1, 0.15) is 11.3 Å². The molecular weight excluding hydrogens is 230 g/mol. The number of carbonyl (C=O) groups is 1. The van der Waals surface area contributed by atoms with Crippen molar-refractivity contribution in [3.05, 3.63) is 35.5 Å². The maximum atomic E-state index is 10.9. The van der Waals surface area contributed by atoms with Crippen LogP contribution in [0, 0.1) is 6.92 Å². The van der Waals surface area contributed by atoms with Gasteiger partial charge in [0, 0.05) is 11.1 Å². The van der Waals surface area contributed by atoms with E-state index in [0.29, 0.717) is 10.9 Å². The molecule has 84 valence electrons. The monoisotopic (exact) mass is 239 g/mol. The average Bonchev–Trinajstić information content (AvgIpc) is 2.19. The quantitative estimate of drug-likeness (QED) is 0.802. The van der Waals surface area contributed by atoms with Gasteiger partial charge in [0.25, 0.3) is 0 Å². The Kier molecular flexibility index (Phi) is 3.34. The van der Waals surface area contributed by atoms with Crippen molar-refractivity contribution in [2.45, 2.75) is 6.92 Å². The molecule has 0 aliphatic carbocycles. The van der Waals surface area contributed by atoms with Gasteiger partial charge in [-0.3, -0.25) is 0 Å². The van der Waals surface area contributed by atoms with E-state index in [2.05, 4.69) is 4.98 Å². The number of aryl methyl sites for hydroxylation is 1. The van der Waals surface area contributed by atoms with Crippen LogP contribution in [0.4, 0.5) is 0 Å². The topological polar surface area (TPSA) is 70.4 Å². The predicted octanol–water partition coefficient (Wildman–Crippen LogP) is 2.37. The van der Waals surface area contributed by atoms with Crippen molar-refractivity contribution in [2.24, 2.45) is 0 Å². The number of phenolic OH excluding ortho intramolecular Hbond substituents is 1. The van der Waals surface area contributed by atoms with Gasteiger partial charge in [0.2, 0.25) is 0 Å². The van der Waals surface area contributed by atoms with E-state index in [4.69, 9.17) is 5.11 Å². The van der Waals surface area contributed by atoms with Gasteiger partial charge in [0.15, 0.2) is 0 Å². The predicted molar refractivity (Wildman–Crippen MR) is 62.4 cm³/mol. The number of halogens is 1.